The molecule has 2 N–H and O–H groups in total. The quantitative estimate of drug-likeness (QED) is 0.833. The van der Waals surface area contributed by atoms with Gasteiger partial charge in [0.2, 0.25) is 0 Å². The molecular formula is C15H22Br2N2. The standard InChI is InChI=1S/C15H22Br2N2/c1-2-19-8-4-3-5-12(10-18)15(19)11-6-7-13(16)14(17)9-11/h6-7,9,12,15H,2-5,8,10,18H2,1H3. The lowest BCUT2D eigenvalue weighted by molar-refractivity contribution is 0.166. The average Bonchev–Trinajstić information content (AvgIpc) is 2.63. The maximum Gasteiger partial charge on any atom is 0.0388 e. The summed E-state index contributed by atoms with van der Waals surface area (Å²) in [5, 5.41) is 0. The number of hydrogen-bond donors (Lipinski definition) is 1. The summed E-state index contributed by atoms with van der Waals surface area (Å²) in [6.07, 6.45) is 3.83. The number of hydrogen-bond acceptors (Lipinski definition) is 2. The van der Waals surface area contributed by atoms with Gasteiger partial charge in [0.05, 0.1) is 0 Å². The highest BCUT2D eigenvalue weighted by atomic mass is 79.9. The zero-order valence-electron chi connectivity index (χ0n) is 11.4. The monoisotopic (exact) mass is 388 g/mol. The van der Waals surface area contributed by atoms with Crippen molar-refractivity contribution in [3.8, 4) is 0 Å². The van der Waals surface area contributed by atoms with Gasteiger partial charge in [-0.15, -0.1) is 0 Å². The summed E-state index contributed by atoms with van der Waals surface area (Å²) in [7, 11) is 0. The number of rotatable bonds is 3. The maximum atomic E-state index is 6.04. The zero-order chi connectivity index (χ0) is 13.8. The molecule has 1 aliphatic heterocycles. The summed E-state index contributed by atoms with van der Waals surface area (Å²) in [5.41, 5.74) is 7.42. The SMILES string of the molecule is CCN1CCCCC(CN)C1c1ccc(Br)c(Br)c1. The van der Waals surface area contributed by atoms with Crippen molar-refractivity contribution in [1.29, 1.82) is 0 Å². The molecule has 0 bridgehead atoms. The predicted octanol–water partition coefficient (Wildman–Crippen LogP) is 4.33. The van der Waals surface area contributed by atoms with Crippen molar-refractivity contribution < 1.29 is 0 Å². The average molecular weight is 390 g/mol. The van der Waals surface area contributed by atoms with Gasteiger partial charge in [0.25, 0.3) is 0 Å². The van der Waals surface area contributed by atoms with Crippen LogP contribution in [0.25, 0.3) is 0 Å². The van der Waals surface area contributed by atoms with E-state index in [1.54, 1.807) is 0 Å². The van der Waals surface area contributed by atoms with Crippen molar-refractivity contribution in [3.05, 3.63) is 32.7 Å². The fourth-order valence-corrected chi connectivity index (χ4v) is 3.74. The first-order valence-corrected chi connectivity index (χ1v) is 8.65. The predicted molar refractivity (Wildman–Crippen MR) is 88.2 cm³/mol. The Bertz CT molecular complexity index is 409. The van der Waals surface area contributed by atoms with Crippen LogP contribution in [0, 0.1) is 5.92 Å². The minimum absolute atomic E-state index is 0.460. The molecule has 0 saturated carbocycles. The molecule has 106 valence electrons. The van der Waals surface area contributed by atoms with Crippen LogP contribution in [0.3, 0.4) is 0 Å². The van der Waals surface area contributed by atoms with E-state index >= 15 is 0 Å². The summed E-state index contributed by atoms with van der Waals surface area (Å²) in [5.74, 6) is 0.565. The fourth-order valence-electron chi connectivity index (χ4n) is 3.10. The van der Waals surface area contributed by atoms with Gasteiger partial charge in [0.1, 0.15) is 0 Å². The van der Waals surface area contributed by atoms with Crippen LogP contribution < -0.4 is 5.73 Å². The lowest BCUT2D eigenvalue weighted by Crippen LogP contribution is -2.35. The molecule has 1 heterocycles. The Hall–Kier alpha value is 0.1000. The van der Waals surface area contributed by atoms with E-state index in [1.807, 2.05) is 0 Å². The van der Waals surface area contributed by atoms with Crippen LogP contribution in [0.1, 0.15) is 37.8 Å². The molecule has 1 aromatic rings. The van der Waals surface area contributed by atoms with E-state index in [4.69, 9.17) is 5.73 Å². The second-order valence-corrected chi connectivity index (χ2v) is 6.95. The van der Waals surface area contributed by atoms with Crippen molar-refractivity contribution in [2.45, 2.75) is 32.2 Å². The molecule has 0 aliphatic carbocycles. The van der Waals surface area contributed by atoms with Crippen molar-refractivity contribution in [1.82, 2.24) is 4.90 Å². The summed E-state index contributed by atoms with van der Waals surface area (Å²) in [6, 6.07) is 7.06. The van der Waals surface area contributed by atoms with E-state index in [0.717, 1.165) is 22.0 Å². The molecule has 1 fully saturated rings. The highest BCUT2D eigenvalue weighted by Gasteiger charge is 2.29. The molecule has 2 rings (SSSR count). The van der Waals surface area contributed by atoms with E-state index in [-0.39, 0.29) is 0 Å². The number of nitrogens with two attached hydrogens (primary N) is 1. The van der Waals surface area contributed by atoms with Gasteiger partial charge < -0.3 is 5.73 Å². The van der Waals surface area contributed by atoms with Gasteiger partial charge in [-0.05, 0) is 87.9 Å². The molecule has 0 aromatic heterocycles. The lowest BCUT2D eigenvalue weighted by atomic mass is 9.89. The Morgan fingerprint density at radius 3 is 2.68 bits per heavy atom. The molecule has 2 atom stereocenters. The van der Waals surface area contributed by atoms with Crippen LogP contribution in [0.5, 0.6) is 0 Å². The first-order chi connectivity index (χ1) is 9.17. The van der Waals surface area contributed by atoms with Crippen LogP contribution in [0.4, 0.5) is 0 Å². The molecule has 1 aromatic carbocycles. The molecule has 1 saturated heterocycles. The summed E-state index contributed by atoms with van der Waals surface area (Å²) in [6.45, 7) is 5.30. The molecule has 0 radical (unpaired) electrons. The van der Waals surface area contributed by atoms with Gasteiger partial charge in [-0.1, -0.05) is 19.4 Å². The summed E-state index contributed by atoms with van der Waals surface area (Å²) in [4.78, 5) is 2.58. The van der Waals surface area contributed by atoms with Gasteiger partial charge in [0, 0.05) is 15.0 Å². The second-order valence-electron chi connectivity index (χ2n) is 5.24. The molecule has 19 heavy (non-hydrogen) atoms. The van der Waals surface area contributed by atoms with Crippen molar-refractivity contribution in [2.75, 3.05) is 19.6 Å². The largest absolute Gasteiger partial charge is 0.330 e. The Balaban J connectivity index is 2.36. The van der Waals surface area contributed by atoms with Crippen LogP contribution in [-0.2, 0) is 0 Å². The van der Waals surface area contributed by atoms with E-state index in [1.165, 1.54) is 31.4 Å². The van der Waals surface area contributed by atoms with E-state index in [2.05, 4.69) is 61.9 Å². The third-order valence-electron chi connectivity index (χ3n) is 4.10. The van der Waals surface area contributed by atoms with E-state index in [9.17, 15) is 0 Å². The Morgan fingerprint density at radius 2 is 2.05 bits per heavy atom. The Morgan fingerprint density at radius 1 is 1.26 bits per heavy atom. The van der Waals surface area contributed by atoms with Crippen molar-refractivity contribution in [3.63, 3.8) is 0 Å². The van der Waals surface area contributed by atoms with E-state index in [0.29, 0.717) is 12.0 Å². The Labute approximate surface area is 133 Å². The van der Waals surface area contributed by atoms with Gasteiger partial charge in [0.15, 0.2) is 0 Å². The van der Waals surface area contributed by atoms with E-state index < -0.39 is 0 Å². The third-order valence-corrected chi connectivity index (χ3v) is 5.98. The number of likely N-dealkylation sites (tertiary alicyclic amines) is 1. The normalized spacial score (nSPS) is 25.3. The highest BCUT2D eigenvalue weighted by molar-refractivity contribution is 9.13. The first kappa shape index (κ1) is 15.5. The van der Waals surface area contributed by atoms with Gasteiger partial charge in [-0.2, -0.15) is 0 Å². The molecule has 2 nitrogen and oxygen atoms in total. The number of nitrogens with zero attached hydrogens (tertiary/aromatic N) is 1. The molecular weight excluding hydrogens is 368 g/mol. The third kappa shape index (κ3) is 3.60. The molecule has 0 amide bonds. The number of halogens is 2. The molecule has 1 aliphatic rings. The lowest BCUT2D eigenvalue weighted by Gasteiger charge is -2.34. The van der Waals surface area contributed by atoms with Gasteiger partial charge in [-0.25, -0.2) is 0 Å². The van der Waals surface area contributed by atoms with Crippen LogP contribution in [-0.4, -0.2) is 24.5 Å². The Kier molecular flexibility index (Phi) is 5.87. The van der Waals surface area contributed by atoms with Crippen LogP contribution in [0.15, 0.2) is 27.1 Å². The second kappa shape index (κ2) is 7.21. The minimum atomic E-state index is 0.460. The maximum absolute atomic E-state index is 6.04. The molecule has 2 unspecified atom stereocenters. The number of benzene rings is 1. The van der Waals surface area contributed by atoms with Gasteiger partial charge in [-0.3, -0.25) is 4.90 Å². The topological polar surface area (TPSA) is 29.3 Å². The van der Waals surface area contributed by atoms with Crippen molar-refractivity contribution in [2.24, 2.45) is 11.7 Å². The smallest absolute Gasteiger partial charge is 0.0388 e. The highest BCUT2D eigenvalue weighted by Crippen LogP contribution is 2.36. The van der Waals surface area contributed by atoms with Crippen LogP contribution in [0.2, 0.25) is 0 Å². The summed E-state index contributed by atoms with van der Waals surface area (Å²) < 4.78 is 2.23. The minimum Gasteiger partial charge on any atom is -0.330 e. The summed E-state index contributed by atoms with van der Waals surface area (Å²) >= 11 is 7.17. The van der Waals surface area contributed by atoms with Crippen molar-refractivity contribution >= 4 is 31.9 Å². The molecule has 4 heteroatoms. The fraction of sp³-hybridized carbons (Fsp3) is 0.600. The van der Waals surface area contributed by atoms with Crippen LogP contribution >= 0.6 is 31.9 Å². The van der Waals surface area contributed by atoms with Gasteiger partial charge >= 0.3 is 0 Å². The first-order valence-electron chi connectivity index (χ1n) is 7.06. The molecule has 0 spiro atoms. The zero-order valence-corrected chi connectivity index (χ0v) is 14.6.